The standard InChI is InChI=1S/C17H24N4O4/c1-10-12(8-19(3)6-7-20-5-4-18-9-20)15(17(24)25)21-14(10)13(11(2)22)16(21)23/h4-5,9-11,13-14,22H,6-8H2,1-3H3,(H,24,25)/t10-,11+,13+,14+/m0/s1. The maximum Gasteiger partial charge on any atom is 0.352 e. The van der Waals surface area contributed by atoms with Crippen LogP contribution in [0.1, 0.15) is 13.8 Å². The Labute approximate surface area is 146 Å². The number of carboxylic acid groups (broad SMARTS) is 1. The molecule has 136 valence electrons. The predicted octanol–water partition coefficient (Wildman–Crippen LogP) is 0.0111. The van der Waals surface area contributed by atoms with Gasteiger partial charge in [0.15, 0.2) is 0 Å². The smallest absolute Gasteiger partial charge is 0.352 e. The number of fused-ring (bicyclic) bond motifs is 1. The normalized spacial score (nSPS) is 26.8. The minimum absolute atomic E-state index is 0.0842. The quantitative estimate of drug-likeness (QED) is 0.674. The lowest BCUT2D eigenvalue weighted by Crippen LogP contribution is -2.63. The number of carboxylic acids is 1. The molecular weight excluding hydrogens is 324 g/mol. The number of amides is 1. The van der Waals surface area contributed by atoms with Gasteiger partial charge in [-0.1, -0.05) is 6.92 Å². The molecule has 8 nitrogen and oxygen atoms in total. The fourth-order valence-corrected chi connectivity index (χ4v) is 3.93. The minimum Gasteiger partial charge on any atom is -0.477 e. The highest BCUT2D eigenvalue weighted by molar-refractivity contribution is 6.00. The number of nitrogens with zero attached hydrogens (tertiary/aromatic N) is 4. The van der Waals surface area contributed by atoms with Crippen LogP contribution in [0.25, 0.3) is 0 Å². The molecule has 1 amide bonds. The van der Waals surface area contributed by atoms with Gasteiger partial charge < -0.3 is 24.6 Å². The second kappa shape index (κ2) is 6.61. The predicted molar refractivity (Wildman–Crippen MR) is 89.4 cm³/mol. The molecule has 0 saturated carbocycles. The first kappa shape index (κ1) is 17.6. The summed E-state index contributed by atoms with van der Waals surface area (Å²) in [4.78, 5) is 31.5. The molecule has 3 heterocycles. The lowest BCUT2D eigenvalue weighted by molar-refractivity contribution is -0.163. The van der Waals surface area contributed by atoms with Crippen LogP contribution in [0, 0.1) is 11.8 Å². The number of hydrogen-bond donors (Lipinski definition) is 2. The number of carbonyl (C=O) groups excluding carboxylic acids is 1. The van der Waals surface area contributed by atoms with E-state index in [1.54, 1.807) is 19.4 Å². The number of carbonyl (C=O) groups is 2. The third-order valence-electron chi connectivity index (χ3n) is 5.26. The van der Waals surface area contributed by atoms with Crippen LogP contribution in [0.15, 0.2) is 30.0 Å². The Morgan fingerprint density at radius 3 is 2.76 bits per heavy atom. The van der Waals surface area contributed by atoms with Crippen molar-refractivity contribution in [3.63, 3.8) is 0 Å². The van der Waals surface area contributed by atoms with Gasteiger partial charge in [0.05, 0.1) is 24.4 Å². The zero-order valence-corrected chi connectivity index (χ0v) is 14.7. The van der Waals surface area contributed by atoms with Crippen LogP contribution in [-0.4, -0.2) is 73.7 Å². The van der Waals surface area contributed by atoms with E-state index < -0.39 is 18.0 Å². The van der Waals surface area contributed by atoms with Crippen LogP contribution in [0.2, 0.25) is 0 Å². The molecule has 25 heavy (non-hydrogen) atoms. The highest BCUT2D eigenvalue weighted by Crippen LogP contribution is 2.47. The summed E-state index contributed by atoms with van der Waals surface area (Å²) in [5.74, 6) is -1.97. The van der Waals surface area contributed by atoms with E-state index in [-0.39, 0.29) is 23.6 Å². The maximum atomic E-state index is 12.3. The number of hydrogen-bond acceptors (Lipinski definition) is 5. The van der Waals surface area contributed by atoms with Crippen molar-refractivity contribution in [3.05, 3.63) is 30.0 Å². The van der Waals surface area contributed by atoms with E-state index in [1.165, 1.54) is 4.90 Å². The fourth-order valence-electron chi connectivity index (χ4n) is 3.93. The maximum absolute atomic E-state index is 12.3. The summed E-state index contributed by atoms with van der Waals surface area (Å²) < 4.78 is 1.96. The molecule has 2 N–H and O–H groups in total. The molecule has 1 saturated heterocycles. The largest absolute Gasteiger partial charge is 0.477 e. The van der Waals surface area contributed by atoms with Crippen LogP contribution in [0.5, 0.6) is 0 Å². The Hall–Kier alpha value is -2.19. The molecule has 4 atom stereocenters. The first-order valence-corrected chi connectivity index (χ1v) is 8.44. The molecule has 0 spiro atoms. The molecule has 1 fully saturated rings. The number of rotatable bonds is 7. The van der Waals surface area contributed by atoms with E-state index in [0.717, 1.165) is 18.7 Å². The van der Waals surface area contributed by atoms with Gasteiger partial charge in [-0.25, -0.2) is 9.78 Å². The number of aromatic nitrogens is 2. The van der Waals surface area contributed by atoms with E-state index in [4.69, 9.17) is 0 Å². The van der Waals surface area contributed by atoms with Crippen molar-refractivity contribution >= 4 is 11.9 Å². The average molecular weight is 348 g/mol. The zero-order valence-electron chi connectivity index (χ0n) is 14.7. The first-order valence-electron chi connectivity index (χ1n) is 8.44. The van der Waals surface area contributed by atoms with Gasteiger partial charge in [-0.05, 0) is 19.5 Å². The van der Waals surface area contributed by atoms with Crippen LogP contribution < -0.4 is 0 Å². The van der Waals surface area contributed by atoms with Crippen LogP contribution in [0.3, 0.4) is 0 Å². The molecule has 8 heteroatoms. The van der Waals surface area contributed by atoms with Crippen molar-refractivity contribution in [2.45, 2.75) is 32.5 Å². The van der Waals surface area contributed by atoms with Gasteiger partial charge in [-0.3, -0.25) is 4.79 Å². The summed E-state index contributed by atoms with van der Waals surface area (Å²) in [5.41, 5.74) is 0.844. The van der Waals surface area contributed by atoms with E-state index in [2.05, 4.69) is 4.98 Å². The monoisotopic (exact) mass is 348 g/mol. The molecule has 2 aliphatic rings. The van der Waals surface area contributed by atoms with E-state index in [9.17, 15) is 19.8 Å². The number of imidazole rings is 1. The number of β-lactam (4-membered cyclic amide) rings is 1. The second-order valence-electron chi connectivity index (χ2n) is 6.97. The third-order valence-corrected chi connectivity index (χ3v) is 5.26. The highest BCUT2D eigenvalue weighted by atomic mass is 16.4. The first-order chi connectivity index (χ1) is 11.8. The molecule has 0 aromatic carbocycles. The minimum atomic E-state index is -1.08. The molecule has 0 bridgehead atoms. The summed E-state index contributed by atoms with van der Waals surface area (Å²) in [6.45, 7) is 5.49. The van der Waals surface area contributed by atoms with Crippen molar-refractivity contribution in [1.82, 2.24) is 19.4 Å². The summed E-state index contributed by atoms with van der Waals surface area (Å²) in [6, 6.07) is -0.254. The number of aliphatic hydroxyl groups is 1. The van der Waals surface area contributed by atoms with Gasteiger partial charge in [0.25, 0.3) is 0 Å². The SMILES string of the molecule is C[C@@H](O)[C@H]1C(=O)N2C(C(=O)O)=C(CN(C)CCn3ccnc3)[C@H](C)[C@H]12. The van der Waals surface area contributed by atoms with E-state index >= 15 is 0 Å². The summed E-state index contributed by atoms with van der Waals surface area (Å²) >= 11 is 0. The molecule has 0 unspecified atom stereocenters. The molecule has 3 rings (SSSR count). The molecule has 0 radical (unpaired) electrons. The van der Waals surface area contributed by atoms with Crippen LogP contribution in [-0.2, 0) is 16.1 Å². The van der Waals surface area contributed by atoms with Gasteiger partial charge in [-0.2, -0.15) is 0 Å². The van der Waals surface area contributed by atoms with Gasteiger partial charge in [-0.15, -0.1) is 0 Å². The van der Waals surface area contributed by atoms with Crippen molar-refractivity contribution in [1.29, 1.82) is 0 Å². The van der Waals surface area contributed by atoms with Crippen LogP contribution in [0.4, 0.5) is 0 Å². The average Bonchev–Trinajstić information content (AvgIpc) is 3.12. The van der Waals surface area contributed by atoms with Crippen LogP contribution >= 0.6 is 0 Å². The summed E-state index contributed by atoms with van der Waals surface area (Å²) in [6.07, 6.45) is 4.57. The number of likely N-dealkylation sites (N-methyl/N-ethyl adjacent to an activating group) is 1. The summed E-state index contributed by atoms with van der Waals surface area (Å²) in [5, 5.41) is 19.5. The van der Waals surface area contributed by atoms with Gasteiger partial charge >= 0.3 is 5.97 Å². The molecule has 2 aliphatic heterocycles. The van der Waals surface area contributed by atoms with Gasteiger partial charge in [0.1, 0.15) is 5.70 Å². The lowest BCUT2D eigenvalue weighted by Gasteiger charge is -2.46. The third kappa shape index (κ3) is 2.96. The van der Waals surface area contributed by atoms with Gasteiger partial charge in [0.2, 0.25) is 5.91 Å². The fraction of sp³-hybridized carbons (Fsp3) is 0.588. The highest BCUT2D eigenvalue weighted by Gasteiger charge is 2.59. The Morgan fingerprint density at radius 2 is 2.20 bits per heavy atom. The van der Waals surface area contributed by atoms with E-state index in [0.29, 0.717) is 6.54 Å². The van der Waals surface area contributed by atoms with E-state index in [1.807, 2.05) is 29.6 Å². The van der Waals surface area contributed by atoms with Crippen molar-refractivity contribution in [3.8, 4) is 0 Å². The number of aliphatic hydroxyl groups excluding tert-OH is 1. The van der Waals surface area contributed by atoms with Crippen molar-refractivity contribution < 1.29 is 19.8 Å². The Balaban J connectivity index is 1.74. The topological polar surface area (TPSA) is 98.9 Å². The molecular formula is C17H24N4O4. The zero-order chi connectivity index (χ0) is 18.3. The molecule has 0 aliphatic carbocycles. The molecule has 1 aromatic rings. The Kier molecular flexibility index (Phi) is 4.66. The lowest BCUT2D eigenvalue weighted by atomic mass is 9.77. The number of aliphatic carboxylic acids is 1. The van der Waals surface area contributed by atoms with Crippen molar-refractivity contribution in [2.24, 2.45) is 11.8 Å². The summed E-state index contributed by atoms with van der Waals surface area (Å²) in [7, 11) is 1.93. The Bertz CT molecular complexity index is 698. The molecule has 1 aromatic heterocycles. The Morgan fingerprint density at radius 1 is 1.48 bits per heavy atom. The second-order valence-corrected chi connectivity index (χ2v) is 6.97. The van der Waals surface area contributed by atoms with Gasteiger partial charge in [0, 0.05) is 37.9 Å². The van der Waals surface area contributed by atoms with Crippen molar-refractivity contribution in [2.75, 3.05) is 20.1 Å².